The largest absolute Gasteiger partial charge is 0.490 e. The van der Waals surface area contributed by atoms with Crippen LogP contribution in [0.25, 0.3) is 0 Å². The second kappa shape index (κ2) is 11.8. The van der Waals surface area contributed by atoms with E-state index >= 15 is 0 Å². The first-order chi connectivity index (χ1) is 13.1. The van der Waals surface area contributed by atoms with Gasteiger partial charge in [-0.3, -0.25) is 0 Å². The van der Waals surface area contributed by atoms with Crippen LogP contribution in [0, 0.1) is 5.82 Å². The zero-order chi connectivity index (χ0) is 19.5. The Labute approximate surface area is 164 Å². The maximum atomic E-state index is 13.0. The molecule has 2 aromatic rings. The van der Waals surface area contributed by atoms with E-state index in [2.05, 4.69) is 10.6 Å². The summed E-state index contributed by atoms with van der Waals surface area (Å²) in [6, 6.07) is 9.79. The highest BCUT2D eigenvalue weighted by Gasteiger charge is 2.11. The van der Waals surface area contributed by atoms with Gasteiger partial charge in [-0.05, 0) is 36.2 Å². The van der Waals surface area contributed by atoms with E-state index in [-0.39, 0.29) is 12.4 Å². The Morgan fingerprint density at radius 1 is 1.00 bits per heavy atom. The topological polar surface area (TPSA) is 62.8 Å². The maximum Gasteiger partial charge on any atom is 0.163 e. The third-order valence-electron chi connectivity index (χ3n) is 3.80. The Kier molecular flexibility index (Phi) is 9.35. The average Bonchev–Trinajstić information content (AvgIpc) is 2.67. The summed E-state index contributed by atoms with van der Waals surface area (Å²) in [5.41, 5.74) is 1.77. The lowest BCUT2D eigenvalue weighted by molar-refractivity contribution is 0.269. The second-order valence-electron chi connectivity index (χ2n) is 5.89. The van der Waals surface area contributed by atoms with Gasteiger partial charge in [0.25, 0.3) is 0 Å². The number of aliphatic hydroxyl groups excluding tert-OH is 1. The van der Waals surface area contributed by atoms with Crippen molar-refractivity contribution in [2.75, 3.05) is 32.8 Å². The van der Waals surface area contributed by atoms with Crippen molar-refractivity contribution in [3.63, 3.8) is 0 Å². The van der Waals surface area contributed by atoms with Gasteiger partial charge in [-0.25, -0.2) is 4.39 Å². The molecule has 27 heavy (non-hydrogen) atoms. The Morgan fingerprint density at radius 2 is 1.70 bits per heavy atom. The normalized spacial score (nSPS) is 10.8. The van der Waals surface area contributed by atoms with Gasteiger partial charge >= 0.3 is 0 Å². The highest BCUT2D eigenvalue weighted by molar-refractivity contribution is 6.31. The number of nitrogens with one attached hydrogen (secondary N) is 2. The van der Waals surface area contributed by atoms with Crippen LogP contribution in [0.15, 0.2) is 36.4 Å². The third kappa shape index (κ3) is 7.34. The Balaban J connectivity index is 1.98. The quantitative estimate of drug-likeness (QED) is 0.481. The number of ether oxygens (including phenoxy) is 2. The van der Waals surface area contributed by atoms with Crippen LogP contribution in [0.1, 0.15) is 18.1 Å². The van der Waals surface area contributed by atoms with Crippen molar-refractivity contribution >= 4 is 11.6 Å². The summed E-state index contributed by atoms with van der Waals surface area (Å²) in [6.07, 6.45) is 0. The molecule has 7 heteroatoms. The molecule has 0 aliphatic rings. The van der Waals surface area contributed by atoms with Crippen molar-refractivity contribution < 1.29 is 19.0 Å². The molecule has 0 radical (unpaired) electrons. The summed E-state index contributed by atoms with van der Waals surface area (Å²) >= 11 is 6.39. The van der Waals surface area contributed by atoms with E-state index in [9.17, 15) is 4.39 Å². The minimum atomic E-state index is -0.278. The molecule has 0 unspecified atom stereocenters. The smallest absolute Gasteiger partial charge is 0.163 e. The van der Waals surface area contributed by atoms with Crippen molar-refractivity contribution in [1.82, 2.24) is 10.6 Å². The fourth-order valence-corrected chi connectivity index (χ4v) is 2.66. The van der Waals surface area contributed by atoms with Crippen LogP contribution in [0.2, 0.25) is 5.02 Å². The lowest BCUT2D eigenvalue weighted by atomic mass is 10.2. The molecule has 0 bridgehead atoms. The van der Waals surface area contributed by atoms with Gasteiger partial charge in [-0.1, -0.05) is 23.7 Å². The van der Waals surface area contributed by atoms with Gasteiger partial charge in [0.2, 0.25) is 0 Å². The molecule has 0 aromatic heterocycles. The zero-order valence-electron chi connectivity index (χ0n) is 15.4. The molecule has 3 N–H and O–H groups in total. The first-order valence-corrected chi connectivity index (χ1v) is 9.36. The Morgan fingerprint density at radius 3 is 2.41 bits per heavy atom. The molecule has 0 spiro atoms. The number of benzene rings is 2. The number of hydrogen-bond donors (Lipinski definition) is 3. The Bertz CT molecular complexity index is 698. The molecule has 0 fully saturated rings. The zero-order valence-corrected chi connectivity index (χ0v) is 16.2. The monoisotopic (exact) mass is 396 g/mol. The molecule has 0 atom stereocenters. The molecular weight excluding hydrogens is 371 g/mol. The molecule has 0 saturated heterocycles. The average molecular weight is 397 g/mol. The predicted molar refractivity (Wildman–Crippen MR) is 105 cm³/mol. The number of aliphatic hydroxyl groups is 1. The molecule has 0 saturated carbocycles. The van der Waals surface area contributed by atoms with Crippen molar-refractivity contribution in [3.8, 4) is 11.5 Å². The van der Waals surface area contributed by atoms with Gasteiger partial charge in [0.15, 0.2) is 11.5 Å². The van der Waals surface area contributed by atoms with Gasteiger partial charge in [0.05, 0.1) is 13.2 Å². The van der Waals surface area contributed by atoms with E-state index in [1.165, 1.54) is 12.1 Å². The Hall–Kier alpha value is -1.86. The summed E-state index contributed by atoms with van der Waals surface area (Å²) in [5, 5.41) is 15.7. The van der Waals surface area contributed by atoms with E-state index in [0.717, 1.165) is 24.2 Å². The summed E-state index contributed by atoms with van der Waals surface area (Å²) in [4.78, 5) is 0. The molecule has 0 aliphatic heterocycles. The molecule has 2 rings (SSSR count). The number of rotatable bonds is 12. The van der Waals surface area contributed by atoms with Crippen LogP contribution in [0.5, 0.6) is 11.5 Å². The summed E-state index contributed by atoms with van der Waals surface area (Å²) in [6.45, 7) is 5.52. The lowest BCUT2D eigenvalue weighted by Crippen LogP contribution is -2.28. The van der Waals surface area contributed by atoms with Gasteiger partial charge in [0.1, 0.15) is 12.4 Å². The van der Waals surface area contributed by atoms with Gasteiger partial charge < -0.3 is 25.2 Å². The van der Waals surface area contributed by atoms with Crippen molar-refractivity contribution in [1.29, 1.82) is 0 Å². The summed E-state index contributed by atoms with van der Waals surface area (Å²) in [5.74, 6) is 0.902. The van der Waals surface area contributed by atoms with E-state index < -0.39 is 0 Å². The van der Waals surface area contributed by atoms with E-state index in [1.807, 2.05) is 13.0 Å². The van der Waals surface area contributed by atoms with Crippen LogP contribution in [-0.2, 0) is 13.2 Å². The third-order valence-corrected chi connectivity index (χ3v) is 4.15. The predicted octanol–water partition coefficient (Wildman–Crippen LogP) is 3.13. The molecule has 0 aliphatic carbocycles. The fourth-order valence-electron chi connectivity index (χ4n) is 2.44. The summed E-state index contributed by atoms with van der Waals surface area (Å²) in [7, 11) is 0. The molecule has 0 heterocycles. The first-order valence-electron chi connectivity index (χ1n) is 8.98. The van der Waals surface area contributed by atoms with Gasteiger partial charge in [-0.15, -0.1) is 0 Å². The highest BCUT2D eigenvalue weighted by atomic mass is 35.5. The minimum absolute atomic E-state index is 0.128. The molecule has 0 amide bonds. The van der Waals surface area contributed by atoms with Gasteiger partial charge in [-0.2, -0.15) is 0 Å². The van der Waals surface area contributed by atoms with Crippen LogP contribution in [0.4, 0.5) is 4.39 Å². The molecule has 148 valence electrons. The van der Waals surface area contributed by atoms with Crippen LogP contribution in [-0.4, -0.2) is 38.0 Å². The lowest BCUT2D eigenvalue weighted by Gasteiger charge is -2.15. The van der Waals surface area contributed by atoms with Crippen LogP contribution < -0.4 is 20.1 Å². The fraction of sp³-hybridized carbons (Fsp3) is 0.400. The van der Waals surface area contributed by atoms with E-state index in [0.29, 0.717) is 42.8 Å². The highest BCUT2D eigenvalue weighted by Crippen LogP contribution is 2.34. The van der Waals surface area contributed by atoms with Crippen LogP contribution >= 0.6 is 11.6 Å². The van der Waals surface area contributed by atoms with E-state index in [4.69, 9.17) is 26.2 Å². The molecule has 5 nitrogen and oxygen atoms in total. The number of hydrogen-bond acceptors (Lipinski definition) is 5. The second-order valence-corrected chi connectivity index (χ2v) is 6.30. The first kappa shape index (κ1) is 21.4. The van der Waals surface area contributed by atoms with Crippen molar-refractivity contribution in [2.45, 2.75) is 20.1 Å². The standard InChI is InChI=1S/C20H26ClFN2O3/c1-2-26-19-11-16(13-24-8-7-23-9-10-25)18(21)12-20(19)27-14-15-3-5-17(22)6-4-15/h3-6,11-12,23-25H,2,7-10,13-14H2,1H3. The SMILES string of the molecule is CCOc1cc(CNCCNCCO)c(Cl)cc1OCc1ccc(F)cc1. The summed E-state index contributed by atoms with van der Waals surface area (Å²) < 4.78 is 24.5. The molecule has 2 aromatic carbocycles. The minimum Gasteiger partial charge on any atom is -0.490 e. The van der Waals surface area contributed by atoms with Crippen LogP contribution in [0.3, 0.4) is 0 Å². The van der Waals surface area contributed by atoms with Gasteiger partial charge in [0, 0.05) is 37.3 Å². The van der Waals surface area contributed by atoms with E-state index in [1.54, 1.807) is 18.2 Å². The van der Waals surface area contributed by atoms with Crippen molar-refractivity contribution in [2.24, 2.45) is 0 Å². The number of halogens is 2. The molecular formula is C20H26ClFN2O3. The van der Waals surface area contributed by atoms with Crippen molar-refractivity contribution in [3.05, 3.63) is 58.4 Å². The maximum absolute atomic E-state index is 13.0.